The summed E-state index contributed by atoms with van der Waals surface area (Å²) in [7, 11) is -1.97. The van der Waals surface area contributed by atoms with Gasteiger partial charge in [-0.25, -0.2) is 12.8 Å². The summed E-state index contributed by atoms with van der Waals surface area (Å²) in [6, 6.07) is 11.9. The highest BCUT2D eigenvalue weighted by Gasteiger charge is 2.26. The highest BCUT2D eigenvalue weighted by atomic mass is 32.2. The van der Waals surface area contributed by atoms with E-state index in [2.05, 4.69) is 0 Å². The Kier molecular flexibility index (Phi) is 5.88. The zero-order valence-corrected chi connectivity index (χ0v) is 15.8. The van der Waals surface area contributed by atoms with Crippen molar-refractivity contribution in [1.29, 1.82) is 0 Å². The third-order valence-electron chi connectivity index (χ3n) is 4.36. The van der Waals surface area contributed by atoms with Crippen molar-refractivity contribution in [2.75, 3.05) is 33.4 Å². The van der Waals surface area contributed by atoms with Crippen LogP contribution in [0.25, 0.3) is 0 Å². The molecule has 8 heteroatoms. The fourth-order valence-electron chi connectivity index (χ4n) is 2.91. The molecule has 0 unspecified atom stereocenters. The third kappa shape index (κ3) is 4.52. The van der Waals surface area contributed by atoms with E-state index in [4.69, 9.17) is 4.74 Å². The molecule has 1 saturated heterocycles. The molecule has 27 heavy (non-hydrogen) atoms. The molecule has 1 aliphatic heterocycles. The predicted molar refractivity (Wildman–Crippen MR) is 98.2 cm³/mol. The predicted octanol–water partition coefficient (Wildman–Crippen LogP) is 2.12. The van der Waals surface area contributed by atoms with Gasteiger partial charge >= 0.3 is 0 Å². The summed E-state index contributed by atoms with van der Waals surface area (Å²) < 4.78 is 45.1. The standard InChI is InChI=1S/C19H21FN2O4S/c1-21(14-15-3-2-4-17(20)13-15)19(23)16-5-7-18(8-6-16)27(24,25)22-9-11-26-12-10-22/h2-8,13H,9-12,14H2,1H3. The van der Waals surface area contributed by atoms with Crippen molar-refractivity contribution >= 4 is 15.9 Å². The van der Waals surface area contributed by atoms with Crippen LogP contribution in [0.2, 0.25) is 0 Å². The molecule has 0 aliphatic carbocycles. The molecule has 1 fully saturated rings. The maximum absolute atomic E-state index is 13.3. The Morgan fingerprint density at radius 1 is 1.15 bits per heavy atom. The SMILES string of the molecule is CN(Cc1cccc(F)c1)C(=O)c1ccc(S(=O)(=O)N2CCOCC2)cc1. The van der Waals surface area contributed by atoms with Gasteiger partial charge in [-0.15, -0.1) is 0 Å². The minimum atomic E-state index is -3.59. The zero-order valence-electron chi connectivity index (χ0n) is 15.0. The molecule has 0 bridgehead atoms. The number of nitrogens with zero attached hydrogens (tertiary/aromatic N) is 2. The number of ether oxygens (including phenoxy) is 1. The number of morpholine rings is 1. The summed E-state index contributed by atoms with van der Waals surface area (Å²) in [6.07, 6.45) is 0. The number of carbonyl (C=O) groups is 1. The van der Waals surface area contributed by atoms with E-state index in [0.717, 1.165) is 0 Å². The van der Waals surface area contributed by atoms with Gasteiger partial charge in [0.15, 0.2) is 0 Å². The minimum Gasteiger partial charge on any atom is -0.379 e. The van der Waals surface area contributed by atoms with Crippen LogP contribution >= 0.6 is 0 Å². The maximum Gasteiger partial charge on any atom is 0.253 e. The first kappa shape index (κ1) is 19.5. The van der Waals surface area contributed by atoms with Crippen LogP contribution in [-0.4, -0.2) is 56.9 Å². The van der Waals surface area contributed by atoms with Crippen LogP contribution < -0.4 is 0 Å². The molecule has 0 N–H and O–H groups in total. The van der Waals surface area contributed by atoms with Gasteiger partial charge in [0.2, 0.25) is 10.0 Å². The second-order valence-corrected chi connectivity index (χ2v) is 8.27. The highest BCUT2D eigenvalue weighted by molar-refractivity contribution is 7.89. The van der Waals surface area contributed by atoms with Crippen molar-refractivity contribution in [3.8, 4) is 0 Å². The molecule has 0 aromatic heterocycles. The summed E-state index contributed by atoms with van der Waals surface area (Å²) in [5.74, 6) is -0.624. The first-order valence-electron chi connectivity index (χ1n) is 8.56. The molecule has 144 valence electrons. The average molecular weight is 392 g/mol. The van der Waals surface area contributed by atoms with Crippen molar-refractivity contribution in [1.82, 2.24) is 9.21 Å². The van der Waals surface area contributed by atoms with Crippen LogP contribution in [-0.2, 0) is 21.3 Å². The zero-order chi connectivity index (χ0) is 19.4. The van der Waals surface area contributed by atoms with Gasteiger partial charge in [0.1, 0.15) is 5.82 Å². The molecule has 3 rings (SSSR count). The van der Waals surface area contributed by atoms with E-state index >= 15 is 0 Å². The third-order valence-corrected chi connectivity index (χ3v) is 6.28. The van der Waals surface area contributed by atoms with Crippen LogP contribution in [0, 0.1) is 5.82 Å². The van der Waals surface area contributed by atoms with Gasteiger partial charge in [-0.1, -0.05) is 12.1 Å². The largest absolute Gasteiger partial charge is 0.379 e. The fraction of sp³-hybridized carbons (Fsp3) is 0.316. The average Bonchev–Trinajstić information content (AvgIpc) is 2.68. The second-order valence-electron chi connectivity index (χ2n) is 6.33. The first-order chi connectivity index (χ1) is 12.9. The second kappa shape index (κ2) is 8.16. The van der Waals surface area contributed by atoms with Crippen LogP contribution in [0.15, 0.2) is 53.4 Å². The molecular formula is C19H21FN2O4S. The smallest absolute Gasteiger partial charge is 0.253 e. The molecule has 1 aliphatic rings. The Bertz CT molecular complexity index is 910. The van der Waals surface area contributed by atoms with Crippen LogP contribution in [0.3, 0.4) is 0 Å². The number of carbonyl (C=O) groups excluding carboxylic acids is 1. The van der Waals surface area contributed by atoms with E-state index in [1.807, 2.05) is 0 Å². The van der Waals surface area contributed by atoms with Gasteiger partial charge in [0.05, 0.1) is 18.1 Å². The molecule has 0 saturated carbocycles. The fourth-order valence-corrected chi connectivity index (χ4v) is 4.31. The molecule has 2 aromatic carbocycles. The van der Waals surface area contributed by atoms with Crippen LogP contribution in [0.1, 0.15) is 15.9 Å². The number of hydrogen-bond donors (Lipinski definition) is 0. The Morgan fingerprint density at radius 3 is 2.44 bits per heavy atom. The lowest BCUT2D eigenvalue weighted by molar-refractivity contribution is 0.0730. The van der Waals surface area contributed by atoms with Gasteiger partial charge in [-0.2, -0.15) is 4.31 Å². The Hall–Kier alpha value is -2.29. The van der Waals surface area contributed by atoms with Gasteiger partial charge < -0.3 is 9.64 Å². The Morgan fingerprint density at radius 2 is 1.81 bits per heavy atom. The van der Waals surface area contributed by atoms with Crippen molar-refractivity contribution in [2.45, 2.75) is 11.4 Å². The number of sulfonamides is 1. The van der Waals surface area contributed by atoms with Gasteiger partial charge in [0, 0.05) is 32.2 Å². The summed E-state index contributed by atoms with van der Waals surface area (Å²) in [6.45, 7) is 1.64. The molecule has 6 nitrogen and oxygen atoms in total. The minimum absolute atomic E-state index is 0.147. The molecule has 1 amide bonds. The van der Waals surface area contributed by atoms with Crippen molar-refractivity contribution in [2.24, 2.45) is 0 Å². The number of rotatable bonds is 5. The first-order valence-corrected chi connectivity index (χ1v) is 10.00. The van der Waals surface area contributed by atoms with E-state index in [1.165, 1.54) is 45.6 Å². The van der Waals surface area contributed by atoms with Gasteiger partial charge in [-0.05, 0) is 42.0 Å². The molecule has 0 atom stereocenters. The number of benzene rings is 2. The lowest BCUT2D eigenvalue weighted by atomic mass is 10.1. The van der Waals surface area contributed by atoms with E-state index in [9.17, 15) is 17.6 Å². The van der Waals surface area contributed by atoms with Crippen LogP contribution in [0.5, 0.6) is 0 Å². The monoisotopic (exact) mass is 392 g/mol. The summed E-state index contributed by atoms with van der Waals surface area (Å²) in [5, 5.41) is 0. The van der Waals surface area contributed by atoms with Crippen LogP contribution in [0.4, 0.5) is 4.39 Å². The number of amides is 1. The summed E-state index contributed by atoms with van der Waals surface area (Å²) in [4.78, 5) is 14.2. The van der Waals surface area contributed by atoms with Crippen molar-refractivity contribution in [3.63, 3.8) is 0 Å². The van der Waals surface area contributed by atoms with E-state index < -0.39 is 10.0 Å². The molecule has 0 spiro atoms. The quantitative estimate of drug-likeness (QED) is 0.782. The van der Waals surface area contributed by atoms with Gasteiger partial charge in [0.25, 0.3) is 5.91 Å². The highest BCUT2D eigenvalue weighted by Crippen LogP contribution is 2.18. The van der Waals surface area contributed by atoms with Gasteiger partial charge in [-0.3, -0.25) is 4.79 Å². The van der Waals surface area contributed by atoms with E-state index in [0.29, 0.717) is 37.4 Å². The lowest BCUT2D eigenvalue weighted by Crippen LogP contribution is -2.40. The molecule has 1 heterocycles. The normalized spacial score (nSPS) is 15.5. The van der Waals surface area contributed by atoms with E-state index in [1.54, 1.807) is 19.2 Å². The summed E-state index contributed by atoms with van der Waals surface area (Å²) in [5.41, 5.74) is 1.05. The maximum atomic E-state index is 13.3. The van der Waals surface area contributed by atoms with E-state index in [-0.39, 0.29) is 23.2 Å². The molecule has 0 radical (unpaired) electrons. The van der Waals surface area contributed by atoms with Crippen molar-refractivity contribution < 1.29 is 22.3 Å². The Labute approximate surface area is 158 Å². The summed E-state index contributed by atoms with van der Waals surface area (Å²) >= 11 is 0. The molecular weight excluding hydrogens is 371 g/mol. The lowest BCUT2D eigenvalue weighted by Gasteiger charge is -2.26. The number of hydrogen-bond acceptors (Lipinski definition) is 4. The number of halogens is 1. The van der Waals surface area contributed by atoms with Crippen molar-refractivity contribution in [3.05, 3.63) is 65.5 Å². The topological polar surface area (TPSA) is 66.9 Å². The Balaban J connectivity index is 1.71. The molecule has 2 aromatic rings.